The van der Waals surface area contributed by atoms with Crippen molar-refractivity contribution in [3.05, 3.63) is 23.8 Å². The zero-order valence-electron chi connectivity index (χ0n) is 13.9. The normalized spacial score (nSPS) is 17.9. The molecule has 0 saturated heterocycles. The molecule has 1 atom stereocenters. The molecule has 1 fully saturated rings. The number of sulfonamides is 1. The molecular weight excluding hydrogens is 314 g/mol. The van der Waals surface area contributed by atoms with E-state index in [1.54, 1.807) is 12.1 Å². The van der Waals surface area contributed by atoms with E-state index in [4.69, 9.17) is 4.74 Å². The molecule has 0 amide bonds. The van der Waals surface area contributed by atoms with Gasteiger partial charge in [0.2, 0.25) is 10.0 Å². The van der Waals surface area contributed by atoms with Gasteiger partial charge in [-0.1, -0.05) is 32.3 Å². The first-order valence-corrected chi connectivity index (χ1v) is 9.81. The molecule has 0 aliphatic heterocycles. The van der Waals surface area contributed by atoms with E-state index in [-0.39, 0.29) is 17.4 Å². The van der Waals surface area contributed by atoms with Crippen molar-refractivity contribution < 1.29 is 18.3 Å². The van der Waals surface area contributed by atoms with E-state index in [1.165, 1.54) is 13.5 Å². The Morgan fingerprint density at radius 1 is 1.30 bits per heavy atom. The Bertz CT molecular complexity index is 609. The summed E-state index contributed by atoms with van der Waals surface area (Å²) in [5.74, 6) is 0.511. The molecular formula is C17H27NO4S. The predicted molar refractivity (Wildman–Crippen MR) is 90.1 cm³/mol. The third-order valence-electron chi connectivity index (χ3n) is 4.60. The van der Waals surface area contributed by atoms with Crippen LogP contribution < -0.4 is 9.46 Å². The van der Waals surface area contributed by atoms with Gasteiger partial charge in [-0.2, -0.15) is 0 Å². The number of aliphatic hydroxyl groups excluding tert-OH is 1. The summed E-state index contributed by atoms with van der Waals surface area (Å²) in [5, 5.41) is 10.3. The third kappa shape index (κ3) is 4.68. The van der Waals surface area contributed by atoms with Crippen molar-refractivity contribution >= 4 is 10.0 Å². The van der Waals surface area contributed by atoms with Gasteiger partial charge in [-0.3, -0.25) is 0 Å². The van der Waals surface area contributed by atoms with Gasteiger partial charge in [0.25, 0.3) is 0 Å². The first kappa shape index (κ1) is 18.2. The van der Waals surface area contributed by atoms with E-state index < -0.39 is 16.1 Å². The van der Waals surface area contributed by atoms with E-state index in [0.29, 0.717) is 5.75 Å². The standard InChI is InChI=1S/C17H27NO4S/c1-3-13-9-10-16(22-2)17(11-13)23(20,21)18-12-15(19)14-7-5-4-6-8-14/h9-11,14-15,18-19H,3-8,12H2,1-2H3. The highest BCUT2D eigenvalue weighted by atomic mass is 32.2. The average Bonchev–Trinajstić information content (AvgIpc) is 2.59. The van der Waals surface area contributed by atoms with Gasteiger partial charge in [-0.15, -0.1) is 0 Å². The maximum absolute atomic E-state index is 12.6. The van der Waals surface area contributed by atoms with Gasteiger partial charge in [0.15, 0.2) is 0 Å². The summed E-state index contributed by atoms with van der Waals surface area (Å²) in [4.78, 5) is 0.134. The van der Waals surface area contributed by atoms with Crippen molar-refractivity contribution in [1.29, 1.82) is 0 Å². The fourth-order valence-electron chi connectivity index (χ4n) is 3.11. The lowest BCUT2D eigenvalue weighted by Gasteiger charge is -2.26. The minimum atomic E-state index is -3.70. The molecule has 0 bridgehead atoms. The van der Waals surface area contributed by atoms with Crippen molar-refractivity contribution in [1.82, 2.24) is 4.72 Å². The molecule has 1 aromatic carbocycles. The molecule has 1 saturated carbocycles. The van der Waals surface area contributed by atoms with Crippen molar-refractivity contribution in [2.75, 3.05) is 13.7 Å². The zero-order chi connectivity index (χ0) is 16.9. The van der Waals surface area contributed by atoms with E-state index in [1.807, 2.05) is 13.0 Å². The lowest BCUT2D eigenvalue weighted by Crippen LogP contribution is -2.37. The summed E-state index contributed by atoms with van der Waals surface area (Å²) in [6.45, 7) is 2.02. The molecule has 2 rings (SSSR count). The fourth-order valence-corrected chi connectivity index (χ4v) is 4.38. The maximum atomic E-state index is 12.6. The second-order valence-electron chi connectivity index (χ2n) is 6.16. The lowest BCUT2D eigenvalue weighted by atomic mass is 9.85. The zero-order valence-corrected chi connectivity index (χ0v) is 14.7. The van der Waals surface area contributed by atoms with Gasteiger partial charge in [0.1, 0.15) is 10.6 Å². The number of aryl methyl sites for hydroxylation is 1. The summed E-state index contributed by atoms with van der Waals surface area (Å²) in [7, 11) is -2.25. The van der Waals surface area contributed by atoms with Crippen molar-refractivity contribution in [3.8, 4) is 5.75 Å². The van der Waals surface area contributed by atoms with E-state index >= 15 is 0 Å². The van der Waals surface area contributed by atoms with Crippen molar-refractivity contribution in [3.63, 3.8) is 0 Å². The van der Waals surface area contributed by atoms with Gasteiger partial charge in [-0.25, -0.2) is 13.1 Å². The highest BCUT2D eigenvalue weighted by molar-refractivity contribution is 7.89. The molecule has 1 unspecified atom stereocenters. The summed E-state index contributed by atoms with van der Waals surface area (Å²) in [6, 6.07) is 5.16. The molecule has 6 heteroatoms. The maximum Gasteiger partial charge on any atom is 0.244 e. The van der Waals surface area contributed by atoms with Crippen LogP contribution in [0.3, 0.4) is 0 Å². The minimum absolute atomic E-state index is 0.0481. The molecule has 130 valence electrons. The second-order valence-corrected chi connectivity index (χ2v) is 7.89. The Labute approximate surface area is 139 Å². The molecule has 1 aliphatic rings. The fraction of sp³-hybridized carbons (Fsp3) is 0.647. The quantitative estimate of drug-likeness (QED) is 0.799. The number of nitrogens with one attached hydrogen (secondary N) is 1. The van der Waals surface area contributed by atoms with Crippen LogP contribution in [0.4, 0.5) is 0 Å². The Morgan fingerprint density at radius 2 is 2.00 bits per heavy atom. The summed E-state index contributed by atoms with van der Waals surface area (Å²) >= 11 is 0. The molecule has 0 aromatic heterocycles. The van der Waals surface area contributed by atoms with Crippen LogP contribution in [0.25, 0.3) is 0 Å². The number of hydrogen-bond acceptors (Lipinski definition) is 4. The highest BCUT2D eigenvalue weighted by Gasteiger charge is 2.25. The first-order chi connectivity index (χ1) is 11.0. The van der Waals surface area contributed by atoms with Crippen LogP contribution in [-0.2, 0) is 16.4 Å². The number of benzene rings is 1. The molecule has 5 nitrogen and oxygen atoms in total. The van der Waals surface area contributed by atoms with Crippen LogP contribution in [0.15, 0.2) is 23.1 Å². The van der Waals surface area contributed by atoms with Gasteiger partial charge >= 0.3 is 0 Å². The van der Waals surface area contributed by atoms with Crippen LogP contribution in [0.5, 0.6) is 5.75 Å². The molecule has 2 N–H and O–H groups in total. The molecule has 23 heavy (non-hydrogen) atoms. The Kier molecular flexibility index (Phi) is 6.44. The number of rotatable bonds is 7. The molecule has 1 aliphatic carbocycles. The van der Waals surface area contributed by atoms with Crippen LogP contribution in [0, 0.1) is 5.92 Å². The summed E-state index contributed by atoms with van der Waals surface area (Å²) < 4.78 is 32.8. The Morgan fingerprint density at radius 3 is 2.61 bits per heavy atom. The van der Waals surface area contributed by atoms with Gasteiger partial charge < -0.3 is 9.84 Å². The van der Waals surface area contributed by atoms with Crippen LogP contribution >= 0.6 is 0 Å². The number of hydrogen-bond donors (Lipinski definition) is 2. The largest absolute Gasteiger partial charge is 0.495 e. The second kappa shape index (κ2) is 8.13. The van der Waals surface area contributed by atoms with Crippen LogP contribution in [-0.4, -0.2) is 33.3 Å². The summed E-state index contributed by atoms with van der Waals surface area (Å²) in [5.41, 5.74) is 0.930. The number of ether oxygens (including phenoxy) is 1. The number of aliphatic hydroxyl groups is 1. The smallest absolute Gasteiger partial charge is 0.244 e. The van der Waals surface area contributed by atoms with Crippen molar-refractivity contribution in [2.24, 2.45) is 5.92 Å². The van der Waals surface area contributed by atoms with Gasteiger partial charge in [-0.05, 0) is 42.9 Å². The van der Waals surface area contributed by atoms with Crippen LogP contribution in [0.1, 0.15) is 44.6 Å². The summed E-state index contributed by atoms with van der Waals surface area (Å²) in [6.07, 6.45) is 5.48. The first-order valence-electron chi connectivity index (χ1n) is 8.32. The molecule has 0 heterocycles. The van der Waals surface area contributed by atoms with E-state index in [2.05, 4.69) is 4.72 Å². The minimum Gasteiger partial charge on any atom is -0.495 e. The Hall–Kier alpha value is -1.11. The lowest BCUT2D eigenvalue weighted by molar-refractivity contribution is 0.0888. The predicted octanol–water partition coefficient (Wildman–Crippen LogP) is 2.48. The number of methoxy groups -OCH3 is 1. The SMILES string of the molecule is CCc1ccc(OC)c(S(=O)(=O)NCC(O)C2CCCCC2)c1. The molecule has 0 radical (unpaired) electrons. The highest BCUT2D eigenvalue weighted by Crippen LogP contribution is 2.27. The van der Waals surface area contributed by atoms with Crippen molar-refractivity contribution in [2.45, 2.75) is 56.4 Å². The molecule has 0 spiro atoms. The average molecular weight is 341 g/mol. The van der Waals surface area contributed by atoms with Gasteiger partial charge in [0, 0.05) is 6.54 Å². The van der Waals surface area contributed by atoms with Gasteiger partial charge in [0.05, 0.1) is 13.2 Å². The Balaban J connectivity index is 2.09. The van der Waals surface area contributed by atoms with Crippen LogP contribution in [0.2, 0.25) is 0 Å². The molecule has 1 aromatic rings. The van der Waals surface area contributed by atoms with E-state index in [9.17, 15) is 13.5 Å². The monoisotopic (exact) mass is 341 g/mol. The van der Waals surface area contributed by atoms with E-state index in [0.717, 1.165) is 37.7 Å². The topological polar surface area (TPSA) is 75.6 Å². The third-order valence-corrected chi connectivity index (χ3v) is 6.05.